The van der Waals surface area contributed by atoms with Crippen LogP contribution >= 0.6 is 15.9 Å². The number of hydrogen-bond donors (Lipinski definition) is 0. The summed E-state index contributed by atoms with van der Waals surface area (Å²) in [5.41, 5.74) is 1.10. The lowest BCUT2D eigenvalue weighted by molar-refractivity contribution is 0.170. The third-order valence-corrected chi connectivity index (χ3v) is 3.76. The summed E-state index contributed by atoms with van der Waals surface area (Å²) in [6.07, 6.45) is 7.72. The summed E-state index contributed by atoms with van der Waals surface area (Å²) >= 11 is 3.51. The van der Waals surface area contributed by atoms with Crippen LogP contribution in [-0.4, -0.2) is 13.2 Å². The van der Waals surface area contributed by atoms with Crippen molar-refractivity contribution in [2.24, 2.45) is 0 Å². The Balaban J connectivity index is 2.09. The Morgan fingerprint density at radius 2 is 2.00 bits per heavy atom. The minimum Gasteiger partial charge on any atom is -0.486 e. The summed E-state index contributed by atoms with van der Waals surface area (Å²) in [5.74, 6) is 4.48. The molecule has 1 aliphatic carbocycles. The smallest absolute Gasteiger partial charge is 0.175 e. The molecule has 2 nitrogen and oxygen atoms in total. The molecule has 16 heavy (non-hydrogen) atoms. The molecule has 0 N–H and O–H groups in total. The molecule has 1 saturated carbocycles. The summed E-state index contributed by atoms with van der Waals surface area (Å²) in [5, 5.41) is 0. The summed E-state index contributed by atoms with van der Waals surface area (Å²) in [7, 11) is 0. The van der Waals surface area contributed by atoms with Crippen molar-refractivity contribution in [3.63, 3.8) is 0 Å². The van der Waals surface area contributed by atoms with Gasteiger partial charge in [-0.3, -0.25) is 0 Å². The quantitative estimate of drug-likeness (QED) is 0.736. The molecular weight excluding hydrogens is 268 g/mol. The van der Waals surface area contributed by atoms with Crippen LogP contribution in [-0.2, 0) is 5.41 Å². The maximum absolute atomic E-state index is 5.59. The molecule has 0 saturated heterocycles. The lowest BCUT2D eigenvalue weighted by atomic mass is 9.96. The highest BCUT2D eigenvalue weighted by molar-refractivity contribution is 9.10. The van der Waals surface area contributed by atoms with Gasteiger partial charge in [-0.25, -0.2) is 0 Å². The highest BCUT2D eigenvalue weighted by Crippen LogP contribution is 2.51. The van der Waals surface area contributed by atoms with Gasteiger partial charge in [-0.2, -0.15) is 0 Å². The van der Waals surface area contributed by atoms with Crippen LogP contribution in [0.2, 0.25) is 0 Å². The standard InChI is InChI=1S/C13H11BrO2/c1-2-13(3-4-13)9-7-10(14)12-11(8-9)15-5-6-16-12/h1,7-8H,3-6H2. The SMILES string of the molecule is C#CC1(c2cc(Br)c3c(c2)OCCO3)CC1. The average molecular weight is 279 g/mol. The molecule has 1 aromatic rings. The van der Waals surface area contributed by atoms with Gasteiger partial charge in [-0.1, -0.05) is 5.92 Å². The average Bonchev–Trinajstić information content (AvgIpc) is 3.10. The summed E-state index contributed by atoms with van der Waals surface area (Å²) < 4.78 is 12.1. The van der Waals surface area contributed by atoms with Gasteiger partial charge in [0.25, 0.3) is 0 Å². The van der Waals surface area contributed by atoms with Crippen molar-refractivity contribution in [1.82, 2.24) is 0 Å². The predicted molar refractivity (Wildman–Crippen MR) is 64.9 cm³/mol. The molecular formula is C13H11BrO2. The van der Waals surface area contributed by atoms with E-state index >= 15 is 0 Å². The van der Waals surface area contributed by atoms with E-state index in [-0.39, 0.29) is 5.41 Å². The van der Waals surface area contributed by atoms with Gasteiger partial charge in [-0.15, -0.1) is 6.42 Å². The maximum Gasteiger partial charge on any atom is 0.175 e. The minimum absolute atomic E-state index is 0.0572. The van der Waals surface area contributed by atoms with Gasteiger partial charge < -0.3 is 9.47 Å². The second kappa shape index (κ2) is 3.43. The molecule has 0 atom stereocenters. The molecule has 1 fully saturated rings. The second-order valence-electron chi connectivity index (χ2n) is 4.21. The van der Waals surface area contributed by atoms with E-state index < -0.39 is 0 Å². The fourth-order valence-electron chi connectivity index (χ4n) is 2.03. The van der Waals surface area contributed by atoms with Crippen LogP contribution in [0.1, 0.15) is 18.4 Å². The summed E-state index contributed by atoms with van der Waals surface area (Å²) in [6.45, 7) is 1.21. The van der Waals surface area contributed by atoms with Crippen molar-refractivity contribution < 1.29 is 9.47 Å². The van der Waals surface area contributed by atoms with Crippen molar-refractivity contribution in [1.29, 1.82) is 0 Å². The van der Waals surface area contributed by atoms with Gasteiger partial charge in [0.05, 0.1) is 9.89 Å². The Kier molecular flexibility index (Phi) is 2.15. The van der Waals surface area contributed by atoms with Crippen LogP contribution in [0, 0.1) is 12.3 Å². The molecule has 3 rings (SSSR count). The van der Waals surface area contributed by atoms with Gasteiger partial charge in [0.15, 0.2) is 11.5 Å². The van der Waals surface area contributed by atoms with Crippen molar-refractivity contribution in [2.75, 3.05) is 13.2 Å². The van der Waals surface area contributed by atoms with E-state index in [1.165, 1.54) is 0 Å². The van der Waals surface area contributed by atoms with Gasteiger partial charge in [0.1, 0.15) is 13.2 Å². The Morgan fingerprint density at radius 1 is 1.25 bits per heavy atom. The highest BCUT2D eigenvalue weighted by Gasteiger charge is 2.43. The predicted octanol–water partition coefficient (Wildman–Crippen LogP) is 2.89. The van der Waals surface area contributed by atoms with Gasteiger partial charge in [-0.05, 0) is 46.5 Å². The minimum atomic E-state index is -0.0572. The highest BCUT2D eigenvalue weighted by atomic mass is 79.9. The lowest BCUT2D eigenvalue weighted by Crippen LogP contribution is -2.16. The Labute approximate surface area is 103 Å². The number of fused-ring (bicyclic) bond motifs is 1. The van der Waals surface area contributed by atoms with Crippen LogP contribution < -0.4 is 9.47 Å². The van der Waals surface area contributed by atoms with Crippen molar-refractivity contribution in [3.8, 4) is 23.8 Å². The molecule has 2 aliphatic rings. The molecule has 3 heteroatoms. The van der Waals surface area contributed by atoms with E-state index in [0.717, 1.165) is 34.4 Å². The third kappa shape index (κ3) is 1.41. The monoisotopic (exact) mass is 278 g/mol. The van der Waals surface area contributed by atoms with Crippen molar-refractivity contribution >= 4 is 15.9 Å². The molecule has 82 valence electrons. The van der Waals surface area contributed by atoms with E-state index in [4.69, 9.17) is 15.9 Å². The van der Waals surface area contributed by atoms with E-state index in [0.29, 0.717) is 13.2 Å². The van der Waals surface area contributed by atoms with Gasteiger partial charge in [0.2, 0.25) is 0 Å². The fourth-order valence-corrected chi connectivity index (χ4v) is 2.58. The van der Waals surface area contributed by atoms with Crippen LogP contribution in [0.25, 0.3) is 0 Å². The first-order chi connectivity index (χ1) is 7.75. The summed E-state index contributed by atoms with van der Waals surface area (Å²) in [4.78, 5) is 0. The van der Waals surface area contributed by atoms with Crippen LogP contribution in [0.3, 0.4) is 0 Å². The second-order valence-corrected chi connectivity index (χ2v) is 5.06. The van der Waals surface area contributed by atoms with E-state index in [1.807, 2.05) is 6.07 Å². The topological polar surface area (TPSA) is 18.5 Å². The number of ether oxygens (including phenoxy) is 2. The van der Waals surface area contributed by atoms with Crippen LogP contribution in [0.15, 0.2) is 16.6 Å². The van der Waals surface area contributed by atoms with Crippen LogP contribution in [0.4, 0.5) is 0 Å². The molecule has 1 heterocycles. The number of terminal acetylenes is 1. The Hall–Kier alpha value is -1.14. The van der Waals surface area contributed by atoms with Gasteiger partial charge in [0, 0.05) is 0 Å². The van der Waals surface area contributed by atoms with Crippen molar-refractivity contribution in [2.45, 2.75) is 18.3 Å². The first-order valence-electron chi connectivity index (χ1n) is 5.33. The third-order valence-electron chi connectivity index (χ3n) is 3.18. The van der Waals surface area contributed by atoms with Crippen molar-refractivity contribution in [3.05, 3.63) is 22.2 Å². The number of rotatable bonds is 1. The van der Waals surface area contributed by atoms with Gasteiger partial charge >= 0.3 is 0 Å². The largest absolute Gasteiger partial charge is 0.486 e. The molecule has 1 aromatic carbocycles. The van der Waals surface area contributed by atoms with Crippen LogP contribution in [0.5, 0.6) is 11.5 Å². The molecule has 0 unspecified atom stereocenters. The number of halogens is 1. The molecule has 1 aliphatic heterocycles. The molecule has 0 radical (unpaired) electrons. The molecule has 0 amide bonds. The lowest BCUT2D eigenvalue weighted by Gasteiger charge is -2.21. The normalized spacial score (nSPS) is 20.0. The number of benzene rings is 1. The first-order valence-corrected chi connectivity index (χ1v) is 6.12. The summed E-state index contributed by atoms with van der Waals surface area (Å²) in [6, 6.07) is 4.08. The molecule has 0 spiro atoms. The van der Waals surface area contributed by atoms with E-state index in [1.54, 1.807) is 0 Å². The fraction of sp³-hybridized carbons (Fsp3) is 0.385. The maximum atomic E-state index is 5.59. The zero-order valence-electron chi connectivity index (χ0n) is 8.75. The van der Waals surface area contributed by atoms with E-state index in [9.17, 15) is 0 Å². The molecule has 0 bridgehead atoms. The molecule has 0 aromatic heterocycles. The zero-order valence-corrected chi connectivity index (χ0v) is 10.3. The zero-order chi connectivity index (χ0) is 11.2. The van der Waals surface area contributed by atoms with E-state index in [2.05, 4.69) is 27.9 Å². The number of hydrogen-bond acceptors (Lipinski definition) is 2. The Bertz CT molecular complexity index is 483. The Morgan fingerprint density at radius 3 is 2.69 bits per heavy atom. The first kappa shape index (κ1) is 10.0.